The van der Waals surface area contributed by atoms with Crippen LogP contribution in [0.1, 0.15) is 19.8 Å². The highest BCUT2D eigenvalue weighted by Crippen LogP contribution is 2.61. The van der Waals surface area contributed by atoms with Crippen LogP contribution in [-0.4, -0.2) is 8.07 Å². The molecule has 0 aromatic rings. The first kappa shape index (κ1) is 7.60. The van der Waals surface area contributed by atoms with E-state index < -0.39 is 8.07 Å². The van der Waals surface area contributed by atoms with Crippen molar-refractivity contribution in [3.05, 3.63) is 11.3 Å². The molecule has 0 aromatic carbocycles. The summed E-state index contributed by atoms with van der Waals surface area (Å²) in [6, 6.07) is 0. The average molecular weight is 166 g/mol. The van der Waals surface area contributed by atoms with Crippen molar-refractivity contribution in [2.45, 2.75) is 39.4 Å². The van der Waals surface area contributed by atoms with E-state index in [0.717, 1.165) is 5.92 Å². The largest absolute Gasteiger partial charge is 0.0784 e. The van der Waals surface area contributed by atoms with Crippen LogP contribution in [0.4, 0.5) is 0 Å². The van der Waals surface area contributed by atoms with Gasteiger partial charge in [0.05, 0.1) is 8.07 Å². The number of allylic oxidation sites excluding steroid dienone is 2. The molecule has 2 aliphatic rings. The van der Waals surface area contributed by atoms with E-state index in [1.165, 1.54) is 12.8 Å². The molecule has 2 aliphatic carbocycles. The number of rotatable bonds is 2. The molecule has 0 bridgehead atoms. The number of hydrogen-bond acceptors (Lipinski definition) is 0. The molecular formula is C10H18Si. The molecule has 0 radical (unpaired) electrons. The predicted molar refractivity (Wildman–Crippen MR) is 52.3 cm³/mol. The Labute approximate surface area is 70.7 Å². The monoisotopic (exact) mass is 166 g/mol. The van der Waals surface area contributed by atoms with E-state index in [2.05, 4.69) is 32.6 Å². The zero-order valence-corrected chi connectivity index (χ0v) is 9.07. The second kappa shape index (κ2) is 1.82. The summed E-state index contributed by atoms with van der Waals surface area (Å²) in [5, 5.41) is 1.84. The SMILES string of the molecule is CC1(C2CC2)C=C1[Si](C)(C)C. The molecule has 2 rings (SSSR count). The fraction of sp³-hybridized carbons (Fsp3) is 0.800. The zero-order valence-electron chi connectivity index (χ0n) is 8.07. The van der Waals surface area contributed by atoms with Gasteiger partial charge in [0.1, 0.15) is 0 Å². The summed E-state index contributed by atoms with van der Waals surface area (Å²) in [4.78, 5) is 0. The summed E-state index contributed by atoms with van der Waals surface area (Å²) >= 11 is 0. The van der Waals surface area contributed by atoms with E-state index in [4.69, 9.17) is 0 Å². The first-order valence-electron chi connectivity index (χ1n) is 4.68. The lowest BCUT2D eigenvalue weighted by molar-refractivity contribution is 0.540. The quantitative estimate of drug-likeness (QED) is 0.553. The molecule has 1 fully saturated rings. The van der Waals surface area contributed by atoms with Gasteiger partial charge < -0.3 is 0 Å². The van der Waals surface area contributed by atoms with Crippen molar-refractivity contribution in [1.82, 2.24) is 0 Å². The second-order valence-electron chi connectivity index (χ2n) is 5.36. The van der Waals surface area contributed by atoms with Gasteiger partial charge in [-0.1, -0.05) is 37.8 Å². The average Bonchev–Trinajstić information content (AvgIpc) is 2.45. The van der Waals surface area contributed by atoms with Gasteiger partial charge in [-0.15, -0.1) is 0 Å². The first-order chi connectivity index (χ1) is 4.94. The molecule has 1 saturated carbocycles. The van der Waals surface area contributed by atoms with Crippen LogP contribution in [0.25, 0.3) is 0 Å². The third-order valence-corrected chi connectivity index (χ3v) is 5.47. The van der Waals surface area contributed by atoms with Gasteiger partial charge in [0.15, 0.2) is 0 Å². The molecule has 0 nitrogen and oxygen atoms in total. The highest BCUT2D eigenvalue weighted by atomic mass is 28.3. The van der Waals surface area contributed by atoms with Gasteiger partial charge in [0.2, 0.25) is 0 Å². The van der Waals surface area contributed by atoms with Crippen LogP contribution in [0.2, 0.25) is 19.6 Å². The summed E-state index contributed by atoms with van der Waals surface area (Å²) in [6.07, 6.45) is 5.53. The van der Waals surface area contributed by atoms with Crippen LogP contribution in [0, 0.1) is 11.3 Å². The topological polar surface area (TPSA) is 0 Å². The molecule has 0 amide bonds. The maximum atomic E-state index is 2.55. The molecule has 0 saturated heterocycles. The molecule has 1 atom stereocenters. The van der Waals surface area contributed by atoms with Gasteiger partial charge in [-0.3, -0.25) is 0 Å². The Bertz CT molecular complexity index is 218. The standard InChI is InChI=1S/C10H18Si/c1-10(8-5-6-8)7-9(10)11(2,3)4/h7-8H,5-6H2,1-4H3. The minimum absolute atomic E-state index is 0.616. The fourth-order valence-corrected chi connectivity index (χ4v) is 4.86. The highest BCUT2D eigenvalue weighted by molar-refractivity contribution is 6.84. The smallest absolute Gasteiger partial charge is 0.0732 e. The Morgan fingerprint density at radius 3 is 2.18 bits per heavy atom. The van der Waals surface area contributed by atoms with Gasteiger partial charge in [-0.2, -0.15) is 0 Å². The Balaban J connectivity index is 2.07. The zero-order chi connectivity index (χ0) is 8.28. The highest BCUT2D eigenvalue weighted by Gasteiger charge is 2.54. The normalized spacial score (nSPS) is 36.9. The van der Waals surface area contributed by atoms with E-state index in [1.807, 2.05) is 5.20 Å². The first-order valence-corrected chi connectivity index (χ1v) is 8.18. The van der Waals surface area contributed by atoms with Crippen molar-refractivity contribution in [3.8, 4) is 0 Å². The van der Waals surface area contributed by atoms with E-state index in [9.17, 15) is 0 Å². The third-order valence-electron chi connectivity index (χ3n) is 3.17. The van der Waals surface area contributed by atoms with E-state index in [-0.39, 0.29) is 0 Å². The molecule has 62 valence electrons. The Hall–Kier alpha value is -0.0431. The lowest BCUT2D eigenvalue weighted by atomic mass is 10.0. The summed E-state index contributed by atoms with van der Waals surface area (Å²) in [6.45, 7) is 9.84. The summed E-state index contributed by atoms with van der Waals surface area (Å²) in [5.41, 5.74) is 0.616. The molecule has 0 heterocycles. The van der Waals surface area contributed by atoms with Crippen molar-refractivity contribution in [2.24, 2.45) is 11.3 Å². The molecule has 0 aliphatic heterocycles. The minimum Gasteiger partial charge on any atom is -0.0784 e. The Morgan fingerprint density at radius 2 is 1.91 bits per heavy atom. The van der Waals surface area contributed by atoms with Crippen LogP contribution in [-0.2, 0) is 0 Å². The molecular weight excluding hydrogens is 148 g/mol. The van der Waals surface area contributed by atoms with Crippen molar-refractivity contribution >= 4 is 8.07 Å². The molecule has 0 spiro atoms. The predicted octanol–water partition coefficient (Wildman–Crippen LogP) is 3.22. The minimum atomic E-state index is -0.921. The summed E-state index contributed by atoms with van der Waals surface area (Å²) in [5.74, 6) is 1.05. The van der Waals surface area contributed by atoms with E-state index >= 15 is 0 Å². The Kier molecular flexibility index (Phi) is 1.26. The second-order valence-corrected chi connectivity index (χ2v) is 10.4. The molecule has 1 heteroatoms. The molecule has 1 unspecified atom stereocenters. The van der Waals surface area contributed by atoms with Gasteiger partial charge in [-0.25, -0.2) is 0 Å². The number of hydrogen-bond donors (Lipinski definition) is 0. The lowest BCUT2D eigenvalue weighted by Gasteiger charge is -2.20. The third kappa shape index (κ3) is 1.10. The van der Waals surface area contributed by atoms with Crippen molar-refractivity contribution in [3.63, 3.8) is 0 Å². The summed E-state index contributed by atoms with van der Waals surface area (Å²) < 4.78 is 0. The molecule has 0 aromatic heterocycles. The Morgan fingerprint density at radius 1 is 1.36 bits per heavy atom. The van der Waals surface area contributed by atoms with Gasteiger partial charge >= 0.3 is 0 Å². The van der Waals surface area contributed by atoms with Crippen LogP contribution in [0.5, 0.6) is 0 Å². The van der Waals surface area contributed by atoms with Crippen LogP contribution in [0.15, 0.2) is 11.3 Å². The maximum Gasteiger partial charge on any atom is 0.0732 e. The molecule has 0 N–H and O–H groups in total. The van der Waals surface area contributed by atoms with Gasteiger partial charge in [0.25, 0.3) is 0 Å². The van der Waals surface area contributed by atoms with Crippen LogP contribution < -0.4 is 0 Å². The van der Waals surface area contributed by atoms with Gasteiger partial charge in [0, 0.05) is 5.41 Å². The van der Waals surface area contributed by atoms with Crippen molar-refractivity contribution in [2.75, 3.05) is 0 Å². The van der Waals surface area contributed by atoms with Crippen molar-refractivity contribution in [1.29, 1.82) is 0 Å². The molecule has 11 heavy (non-hydrogen) atoms. The maximum absolute atomic E-state index is 2.55. The van der Waals surface area contributed by atoms with Crippen molar-refractivity contribution < 1.29 is 0 Å². The van der Waals surface area contributed by atoms with E-state index in [0.29, 0.717) is 5.41 Å². The van der Waals surface area contributed by atoms with Crippen LogP contribution >= 0.6 is 0 Å². The summed E-state index contributed by atoms with van der Waals surface area (Å²) in [7, 11) is -0.921. The van der Waals surface area contributed by atoms with Crippen LogP contribution in [0.3, 0.4) is 0 Å². The fourth-order valence-electron chi connectivity index (χ4n) is 2.31. The lowest BCUT2D eigenvalue weighted by Crippen LogP contribution is -2.24. The van der Waals surface area contributed by atoms with Gasteiger partial charge in [-0.05, 0) is 18.8 Å². The van der Waals surface area contributed by atoms with E-state index in [1.54, 1.807) is 0 Å².